The Balaban J connectivity index is 2.23. The van der Waals surface area contributed by atoms with E-state index < -0.39 is 0 Å². The number of methoxy groups -OCH3 is 1. The molecule has 0 saturated carbocycles. The zero-order valence-electron chi connectivity index (χ0n) is 8.86. The van der Waals surface area contributed by atoms with Gasteiger partial charge in [0.2, 0.25) is 0 Å². The Morgan fingerprint density at radius 3 is 2.93 bits per heavy atom. The Bertz CT molecular complexity index is 316. The van der Waals surface area contributed by atoms with Gasteiger partial charge in [0, 0.05) is 20.3 Å². The van der Waals surface area contributed by atoms with Gasteiger partial charge in [0.25, 0.3) is 0 Å². The van der Waals surface area contributed by atoms with Crippen molar-refractivity contribution in [2.24, 2.45) is 0 Å². The number of nitriles is 1. The van der Waals surface area contributed by atoms with Crippen molar-refractivity contribution in [3.05, 3.63) is 24.0 Å². The molecule has 1 heterocycles. The molecule has 0 bridgehead atoms. The van der Waals surface area contributed by atoms with E-state index in [1.54, 1.807) is 19.4 Å². The van der Waals surface area contributed by atoms with Crippen LogP contribution < -0.4 is 5.32 Å². The van der Waals surface area contributed by atoms with E-state index in [9.17, 15) is 0 Å². The molecular weight excluding hydrogens is 190 g/mol. The third-order valence-corrected chi connectivity index (χ3v) is 1.98. The van der Waals surface area contributed by atoms with Gasteiger partial charge in [0.1, 0.15) is 11.8 Å². The number of nitrogens with zero attached hydrogens (tertiary/aromatic N) is 2. The Morgan fingerprint density at radius 2 is 2.33 bits per heavy atom. The van der Waals surface area contributed by atoms with E-state index in [2.05, 4.69) is 10.3 Å². The van der Waals surface area contributed by atoms with E-state index in [0.29, 0.717) is 5.69 Å². The minimum absolute atomic E-state index is 0.444. The van der Waals surface area contributed by atoms with Gasteiger partial charge in [-0.3, -0.25) is 0 Å². The maximum absolute atomic E-state index is 8.55. The second-order valence-electron chi connectivity index (χ2n) is 3.17. The molecular formula is C11H15N3O. The van der Waals surface area contributed by atoms with Gasteiger partial charge in [0.15, 0.2) is 0 Å². The number of aromatic nitrogens is 1. The zero-order chi connectivity index (χ0) is 10.9. The van der Waals surface area contributed by atoms with Crippen LogP contribution in [0.4, 0.5) is 5.69 Å². The Morgan fingerprint density at radius 1 is 1.47 bits per heavy atom. The van der Waals surface area contributed by atoms with E-state index in [-0.39, 0.29) is 0 Å². The minimum atomic E-state index is 0.444. The van der Waals surface area contributed by atoms with Crippen LogP contribution in [0.2, 0.25) is 0 Å². The van der Waals surface area contributed by atoms with Crippen LogP contribution in [-0.2, 0) is 4.74 Å². The first-order valence-electron chi connectivity index (χ1n) is 4.96. The predicted molar refractivity (Wildman–Crippen MR) is 58.6 cm³/mol. The quantitative estimate of drug-likeness (QED) is 0.719. The summed E-state index contributed by atoms with van der Waals surface area (Å²) in [6.07, 6.45) is 3.79. The molecule has 1 N–H and O–H groups in total. The van der Waals surface area contributed by atoms with Gasteiger partial charge in [-0.05, 0) is 25.0 Å². The second kappa shape index (κ2) is 6.80. The summed E-state index contributed by atoms with van der Waals surface area (Å²) in [6, 6.07) is 5.55. The second-order valence-corrected chi connectivity index (χ2v) is 3.17. The Labute approximate surface area is 89.9 Å². The fourth-order valence-electron chi connectivity index (χ4n) is 1.17. The van der Waals surface area contributed by atoms with Crippen molar-refractivity contribution in [1.82, 2.24) is 4.98 Å². The van der Waals surface area contributed by atoms with Crippen LogP contribution in [0, 0.1) is 11.3 Å². The number of hydrogen-bond acceptors (Lipinski definition) is 4. The van der Waals surface area contributed by atoms with Crippen LogP contribution in [0.5, 0.6) is 0 Å². The fourth-order valence-corrected chi connectivity index (χ4v) is 1.17. The van der Waals surface area contributed by atoms with Crippen LogP contribution in [0.3, 0.4) is 0 Å². The lowest BCUT2D eigenvalue weighted by Gasteiger charge is -2.05. The molecule has 0 aliphatic heterocycles. The predicted octanol–water partition coefficient (Wildman–Crippen LogP) is 1.79. The van der Waals surface area contributed by atoms with E-state index in [4.69, 9.17) is 10.00 Å². The third-order valence-electron chi connectivity index (χ3n) is 1.98. The normalized spacial score (nSPS) is 9.60. The molecule has 0 spiro atoms. The third kappa shape index (κ3) is 4.43. The number of ether oxygens (including phenoxy) is 1. The van der Waals surface area contributed by atoms with E-state index in [1.807, 2.05) is 12.1 Å². The van der Waals surface area contributed by atoms with Crippen LogP contribution in [0.25, 0.3) is 0 Å². The highest BCUT2D eigenvalue weighted by Crippen LogP contribution is 2.05. The van der Waals surface area contributed by atoms with Gasteiger partial charge >= 0.3 is 0 Å². The lowest BCUT2D eigenvalue weighted by molar-refractivity contribution is 0.194. The molecule has 0 aromatic carbocycles. The van der Waals surface area contributed by atoms with Gasteiger partial charge in [0.05, 0.1) is 11.9 Å². The smallest absolute Gasteiger partial charge is 0.140 e. The zero-order valence-corrected chi connectivity index (χ0v) is 8.86. The first-order valence-corrected chi connectivity index (χ1v) is 4.96. The number of unbranched alkanes of at least 4 members (excludes halogenated alkanes) is 1. The molecule has 4 heteroatoms. The summed E-state index contributed by atoms with van der Waals surface area (Å²) < 4.78 is 4.95. The number of pyridine rings is 1. The molecule has 0 amide bonds. The first-order chi connectivity index (χ1) is 7.36. The van der Waals surface area contributed by atoms with Crippen molar-refractivity contribution in [3.8, 4) is 6.07 Å². The molecule has 0 unspecified atom stereocenters. The SMILES string of the molecule is COCCCCNc1ccc(C#N)nc1. The fraction of sp³-hybridized carbons (Fsp3) is 0.455. The Hall–Kier alpha value is -1.60. The number of nitrogens with one attached hydrogen (secondary N) is 1. The van der Waals surface area contributed by atoms with E-state index in [1.165, 1.54) is 0 Å². The topological polar surface area (TPSA) is 57.9 Å². The van der Waals surface area contributed by atoms with Crippen molar-refractivity contribution >= 4 is 5.69 Å². The molecule has 0 atom stereocenters. The highest BCUT2D eigenvalue weighted by Gasteiger charge is 1.93. The largest absolute Gasteiger partial charge is 0.385 e. The van der Waals surface area contributed by atoms with Gasteiger partial charge in [-0.25, -0.2) is 4.98 Å². The number of anilines is 1. The number of rotatable bonds is 6. The van der Waals surface area contributed by atoms with Crippen molar-refractivity contribution in [1.29, 1.82) is 5.26 Å². The standard InChI is InChI=1S/C11H15N3O/c1-15-7-3-2-6-13-11-5-4-10(8-12)14-9-11/h4-5,9,13H,2-3,6-7H2,1H3. The van der Waals surface area contributed by atoms with Crippen molar-refractivity contribution < 1.29 is 4.74 Å². The highest BCUT2D eigenvalue weighted by atomic mass is 16.5. The highest BCUT2D eigenvalue weighted by molar-refractivity contribution is 5.42. The van der Waals surface area contributed by atoms with Gasteiger partial charge < -0.3 is 10.1 Å². The van der Waals surface area contributed by atoms with Crippen molar-refractivity contribution in [2.45, 2.75) is 12.8 Å². The van der Waals surface area contributed by atoms with Crippen LogP contribution in [0.15, 0.2) is 18.3 Å². The lowest BCUT2D eigenvalue weighted by atomic mass is 10.3. The monoisotopic (exact) mass is 205 g/mol. The molecule has 15 heavy (non-hydrogen) atoms. The molecule has 1 rings (SSSR count). The van der Waals surface area contributed by atoms with E-state index in [0.717, 1.165) is 31.7 Å². The number of hydrogen-bond donors (Lipinski definition) is 1. The molecule has 80 valence electrons. The molecule has 1 aromatic rings. The summed E-state index contributed by atoms with van der Waals surface area (Å²) in [5.74, 6) is 0. The lowest BCUT2D eigenvalue weighted by Crippen LogP contribution is -2.03. The molecule has 0 saturated heterocycles. The summed E-state index contributed by atoms with van der Waals surface area (Å²) in [4.78, 5) is 3.96. The first kappa shape index (κ1) is 11.5. The summed E-state index contributed by atoms with van der Waals surface area (Å²) in [7, 11) is 1.71. The summed E-state index contributed by atoms with van der Waals surface area (Å²) in [5.41, 5.74) is 1.39. The summed E-state index contributed by atoms with van der Waals surface area (Å²) in [6.45, 7) is 1.70. The summed E-state index contributed by atoms with van der Waals surface area (Å²) >= 11 is 0. The Kier molecular flexibility index (Phi) is 5.20. The molecule has 0 fully saturated rings. The molecule has 0 radical (unpaired) electrons. The van der Waals surface area contributed by atoms with Crippen LogP contribution in [0.1, 0.15) is 18.5 Å². The van der Waals surface area contributed by atoms with Crippen molar-refractivity contribution in [3.63, 3.8) is 0 Å². The molecule has 1 aromatic heterocycles. The van der Waals surface area contributed by atoms with E-state index >= 15 is 0 Å². The van der Waals surface area contributed by atoms with Gasteiger partial charge in [-0.2, -0.15) is 5.26 Å². The van der Waals surface area contributed by atoms with Crippen LogP contribution in [-0.4, -0.2) is 25.2 Å². The average molecular weight is 205 g/mol. The average Bonchev–Trinajstić information content (AvgIpc) is 2.30. The van der Waals surface area contributed by atoms with Crippen molar-refractivity contribution in [2.75, 3.05) is 25.6 Å². The molecule has 0 aliphatic rings. The minimum Gasteiger partial charge on any atom is -0.385 e. The maximum Gasteiger partial charge on any atom is 0.140 e. The molecule has 4 nitrogen and oxygen atoms in total. The van der Waals surface area contributed by atoms with Gasteiger partial charge in [-0.15, -0.1) is 0 Å². The summed E-state index contributed by atoms with van der Waals surface area (Å²) in [5, 5.41) is 11.8. The molecule has 0 aliphatic carbocycles. The van der Waals surface area contributed by atoms with Gasteiger partial charge in [-0.1, -0.05) is 0 Å². The van der Waals surface area contributed by atoms with Crippen LogP contribution >= 0.6 is 0 Å². The maximum atomic E-state index is 8.55.